The van der Waals surface area contributed by atoms with Crippen LogP contribution in [-0.4, -0.2) is 33.0 Å². The standard InChI is InChI=1S/C21H26N6O2/c1-14(2)11-26(12-15(3)4)21-19(27(28)29)20(23-13-24-21)25-17-9-5-7-16-8-6-10-22-18(16)17/h5-10,13-15H,11-12H2,1-4H3,(H,23,24,25). The van der Waals surface area contributed by atoms with Crippen LogP contribution in [0.5, 0.6) is 0 Å². The zero-order valence-corrected chi connectivity index (χ0v) is 17.2. The van der Waals surface area contributed by atoms with E-state index in [1.165, 1.54) is 6.33 Å². The van der Waals surface area contributed by atoms with Gasteiger partial charge in [-0.05, 0) is 24.0 Å². The predicted octanol–water partition coefficient (Wildman–Crippen LogP) is 4.80. The number of aromatic nitrogens is 3. The number of rotatable bonds is 8. The van der Waals surface area contributed by atoms with Crippen molar-refractivity contribution in [1.29, 1.82) is 0 Å². The van der Waals surface area contributed by atoms with E-state index in [0.29, 0.717) is 36.4 Å². The summed E-state index contributed by atoms with van der Waals surface area (Å²) < 4.78 is 0. The summed E-state index contributed by atoms with van der Waals surface area (Å²) in [5.74, 6) is 1.17. The molecule has 1 N–H and O–H groups in total. The summed E-state index contributed by atoms with van der Waals surface area (Å²) in [6.45, 7) is 9.68. The van der Waals surface area contributed by atoms with Gasteiger partial charge in [-0.1, -0.05) is 45.9 Å². The molecule has 0 aliphatic carbocycles. The lowest BCUT2D eigenvalue weighted by Gasteiger charge is -2.27. The van der Waals surface area contributed by atoms with E-state index in [9.17, 15) is 10.1 Å². The second-order valence-electron chi connectivity index (χ2n) is 7.85. The Bertz CT molecular complexity index is 990. The molecular formula is C21H26N6O2. The van der Waals surface area contributed by atoms with Crippen molar-refractivity contribution < 1.29 is 4.92 Å². The van der Waals surface area contributed by atoms with E-state index in [4.69, 9.17) is 0 Å². The van der Waals surface area contributed by atoms with Gasteiger partial charge in [0.2, 0.25) is 11.6 Å². The van der Waals surface area contributed by atoms with Crippen LogP contribution in [0.15, 0.2) is 42.9 Å². The van der Waals surface area contributed by atoms with E-state index in [1.807, 2.05) is 35.2 Å². The average Bonchev–Trinajstić information content (AvgIpc) is 2.66. The summed E-state index contributed by atoms with van der Waals surface area (Å²) in [7, 11) is 0. The van der Waals surface area contributed by atoms with Crippen LogP contribution in [0.3, 0.4) is 0 Å². The van der Waals surface area contributed by atoms with Crippen LogP contribution in [0, 0.1) is 22.0 Å². The number of anilines is 3. The Balaban J connectivity index is 2.07. The molecule has 0 saturated carbocycles. The molecule has 0 bridgehead atoms. The third-order valence-corrected chi connectivity index (χ3v) is 4.34. The Kier molecular flexibility index (Phi) is 6.21. The van der Waals surface area contributed by atoms with Crippen molar-refractivity contribution in [3.05, 3.63) is 53.0 Å². The molecule has 0 unspecified atom stereocenters. The third kappa shape index (κ3) is 4.77. The molecule has 2 heterocycles. The highest BCUT2D eigenvalue weighted by Gasteiger charge is 2.28. The Labute approximate surface area is 170 Å². The summed E-state index contributed by atoms with van der Waals surface area (Å²) in [4.78, 5) is 26.5. The fraction of sp³-hybridized carbons (Fsp3) is 0.381. The molecule has 0 radical (unpaired) electrons. The summed E-state index contributed by atoms with van der Waals surface area (Å²) in [6.07, 6.45) is 3.07. The molecule has 29 heavy (non-hydrogen) atoms. The summed E-state index contributed by atoms with van der Waals surface area (Å²) in [6, 6.07) is 9.46. The van der Waals surface area contributed by atoms with E-state index >= 15 is 0 Å². The molecule has 3 aromatic rings. The number of hydrogen-bond donors (Lipinski definition) is 1. The van der Waals surface area contributed by atoms with Crippen molar-refractivity contribution >= 4 is 33.9 Å². The molecule has 0 fully saturated rings. The quantitative estimate of drug-likeness (QED) is 0.433. The average molecular weight is 394 g/mol. The van der Waals surface area contributed by atoms with Crippen molar-refractivity contribution in [3.8, 4) is 0 Å². The van der Waals surface area contributed by atoms with E-state index < -0.39 is 4.92 Å². The van der Waals surface area contributed by atoms with Crippen LogP contribution in [0.1, 0.15) is 27.7 Å². The molecule has 1 aromatic carbocycles. The minimum Gasteiger partial charge on any atom is -0.350 e. The van der Waals surface area contributed by atoms with Crippen LogP contribution in [0.2, 0.25) is 0 Å². The van der Waals surface area contributed by atoms with Gasteiger partial charge in [-0.25, -0.2) is 9.97 Å². The molecule has 0 saturated heterocycles. The van der Waals surface area contributed by atoms with Gasteiger partial charge >= 0.3 is 5.69 Å². The molecule has 0 spiro atoms. The van der Waals surface area contributed by atoms with Crippen molar-refractivity contribution in [2.24, 2.45) is 11.8 Å². The van der Waals surface area contributed by atoms with Gasteiger partial charge in [-0.3, -0.25) is 15.1 Å². The molecule has 0 aliphatic rings. The first-order chi connectivity index (χ1) is 13.9. The highest BCUT2D eigenvalue weighted by atomic mass is 16.6. The number of nitrogens with one attached hydrogen (secondary N) is 1. The number of para-hydroxylation sites is 1. The molecule has 2 aromatic heterocycles. The Hall–Kier alpha value is -3.29. The van der Waals surface area contributed by atoms with Crippen molar-refractivity contribution in [2.75, 3.05) is 23.3 Å². The van der Waals surface area contributed by atoms with Crippen molar-refractivity contribution in [2.45, 2.75) is 27.7 Å². The van der Waals surface area contributed by atoms with Gasteiger partial charge in [0.05, 0.1) is 16.1 Å². The minimum atomic E-state index is -0.413. The monoisotopic (exact) mass is 394 g/mol. The maximum Gasteiger partial charge on any atom is 0.353 e. The third-order valence-electron chi connectivity index (χ3n) is 4.34. The molecular weight excluding hydrogens is 368 g/mol. The first-order valence-corrected chi connectivity index (χ1v) is 9.72. The molecule has 0 aliphatic heterocycles. The minimum absolute atomic E-state index is 0.123. The smallest absolute Gasteiger partial charge is 0.350 e. The van der Waals surface area contributed by atoms with Crippen LogP contribution in [0.4, 0.5) is 23.0 Å². The molecule has 8 heteroatoms. The van der Waals surface area contributed by atoms with Gasteiger partial charge in [-0.2, -0.15) is 0 Å². The van der Waals surface area contributed by atoms with Crippen LogP contribution < -0.4 is 10.2 Å². The van der Waals surface area contributed by atoms with Gasteiger partial charge in [0, 0.05) is 24.7 Å². The highest BCUT2D eigenvalue weighted by molar-refractivity contribution is 5.92. The highest BCUT2D eigenvalue weighted by Crippen LogP contribution is 2.35. The second-order valence-corrected chi connectivity index (χ2v) is 7.85. The van der Waals surface area contributed by atoms with E-state index in [-0.39, 0.29) is 11.5 Å². The fourth-order valence-electron chi connectivity index (χ4n) is 3.32. The maximum atomic E-state index is 12.0. The lowest BCUT2D eigenvalue weighted by Crippen LogP contribution is -2.32. The van der Waals surface area contributed by atoms with Crippen molar-refractivity contribution in [1.82, 2.24) is 15.0 Å². The summed E-state index contributed by atoms with van der Waals surface area (Å²) in [5, 5.41) is 16.1. The number of benzene rings is 1. The zero-order valence-electron chi connectivity index (χ0n) is 17.2. The summed E-state index contributed by atoms with van der Waals surface area (Å²) >= 11 is 0. The molecule has 3 rings (SSSR count). The predicted molar refractivity (Wildman–Crippen MR) is 116 cm³/mol. The number of pyridine rings is 1. The lowest BCUT2D eigenvalue weighted by atomic mass is 10.1. The first kappa shape index (κ1) is 20.4. The molecule has 8 nitrogen and oxygen atoms in total. The molecule has 0 amide bonds. The van der Waals surface area contributed by atoms with E-state index in [2.05, 4.69) is 48.0 Å². The number of fused-ring (bicyclic) bond motifs is 1. The first-order valence-electron chi connectivity index (χ1n) is 9.72. The van der Waals surface area contributed by atoms with E-state index in [1.54, 1.807) is 6.20 Å². The Morgan fingerprint density at radius 1 is 1.03 bits per heavy atom. The second kappa shape index (κ2) is 8.81. The Morgan fingerprint density at radius 2 is 1.72 bits per heavy atom. The lowest BCUT2D eigenvalue weighted by molar-refractivity contribution is -0.383. The van der Waals surface area contributed by atoms with Crippen LogP contribution >= 0.6 is 0 Å². The van der Waals surface area contributed by atoms with Crippen LogP contribution in [0.25, 0.3) is 10.9 Å². The topological polar surface area (TPSA) is 97.1 Å². The fourth-order valence-corrected chi connectivity index (χ4v) is 3.32. The number of nitrogens with zero attached hydrogens (tertiary/aromatic N) is 5. The van der Waals surface area contributed by atoms with E-state index in [0.717, 1.165) is 10.9 Å². The maximum absolute atomic E-state index is 12.0. The van der Waals surface area contributed by atoms with Gasteiger partial charge < -0.3 is 10.2 Å². The van der Waals surface area contributed by atoms with Gasteiger partial charge in [0.1, 0.15) is 6.33 Å². The van der Waals surface area contributed by atoms with Gasteiger partial charge in [0.25, 0.3) is 0 Å². The van der Waals surface area contributed by atoms with Gasteiger partial charge in [0.15, 0.2) is 0 Å². The zero-order chi connectivity index (χ0) is 21.0. The molecule has 0 atom stereocenters. The van der Waals surface area contributed by atoms with Gasteiger partial charge in [-0.15, -0.1) is 0 Å². The van der Waals surface area contributed by atoms with Crippen LogP contribution in [-0.2, 0) is 0 Å². The molecule has 152 valence electrons. The summed E-state index contributed by atoms with van der Waals surface area (Å²) in [5.41, 5.74) is 1.27. The Morgan fingerprint density at radius 3 is 2.38 bits per heavy atom. The number of hydrogen-bond acceptors (Lipinski definition) is 7. The number of nitro groups is 1. The largest absolute Gasteiger partial charge is 0.353 e. The normalized spacial score (nSPS) is 11.2. The van der Waals surface area contributed by atoms with Crippen molar-refractivity contribution in [3.63, 3.8) is 0 Å². The SMILES string of the molecule is CC(C)CN(CC(C)C)c1ncnc(Nc2cccc3cccnc23)c1[N+](=O)[O-].